The van der Waals surface area contributed by atoms with Crippen LogP contribution in [0.15, 0.2) is 41.3 Å². The van der Waals surface area contributed by atoms with E-state index in [4.69, 9.17) is 5.73 Å². The fraction of sp³-hybridized carbons (Fsp3) is 0.0769. The molecule has 0 aliphatic heterocycles. The summed E-state index contributed by atoms with van der Waals surface area (Å²) in [6.07, 6.45) is 0. The van der Waals surface area contributed by atoms with Gasteiger partial charge in [0.25, 0.3) is 0 Å². The van der Waals surface area contributed by atoms with E-state index in [1.807, 2.05) is 0 Å². The predicted molar refractivity (Wildman–Crippen MR) is 76.7 cm³/mol. The van der Waals surface area contributed by atoms with Gasteiger partial charge in [-0.25, -0.2) is 21.9 Å². The van der Waals surface area contributed by atoms with E-state index in [1.165, 1.54) is 25.2 Å². The Morgan fingerprint density at radius 3 is 2.24 bits per heavy atom. The van der Waals surface area contributed by atoms with Crippen molar-refractivity contribution in [3.63, 3.8) is 0 Å². The standard InChI is InChI=1S/C13H13F2N3O2S/c1-17-21(19,20)11-2-3-12(16)13(7-11)18-10-5-8(14)4-9(15)6-10/h2-7,17-18H,16H2,1H3. The maximum absolute atomic E-state index is 13.1. The first-order valence-corrected chi connectivity index (χ1v) is 7.36. The van der Waals surface area contributed by atoms with Gasteiger partial charge in [-0.15, -0.1) is 0 Å². The lowest BCUT2D eigenvalue weighted by Crippen LogP contribution is -2.18. The number of benzene rings is 2. The van der Waals surface area contributed by atoms with Crippen LogP contribution in [0.25, 0.3) is 0 Å². The van der Waals surface area contributed by atoms with E-state index in [1.54, 1.807) is 0 Å². The molecule has 0 amide bonds. The van der Waals surface area contributed by atoms with Gasteiger partial charge in [0.15, 0.2) is 0 Å². The minimum atomic E-state index is -3.64. The Morgan fingerprint density at radius 1 is 1.05 bits per heavy atom. The molecule has 0 aliphatic rings. The minimum Gasteiger partial charge on any atom is -0.397 e. The average molecular weight is 313 g/mol. The predicted octanol–water partition coefficient (Wildman–Crippen LogP) is 2.20. The molecule has 2 aromatic carbocycles. The third kappa shape index (κ3) is 3.47. The van der Waals surface area contributed by atoms with Crippen LogP contribution in [-0.2, 0) is 10.0 Å². The maximum Gasteiger partial charge on any atom is 0.240 e. The zero-order valence-electron chi connectivity index (χ0n) is 11.0. The lowest BCUT2D eigenvalue weighted by atomic mass is 10.2. The second kappa shape index (κ2) is 5.66. The molecule has 0 heterocycles. The molecule has 0 atom stereocenters. The fourth-order valence-electron chi connectivity index (χ4n) is 1.71. The molecule has 0 unspecified atom stereocenters. The summed E-state index contributed by atoms with van der Waals surface area (Å²) in [5.41, 5.74) is 6.33. The van der Waals surface area contributed by atoms with Crippen LogP contribution in [0.4, 0.5) is 25.8 Å². The zero-order chi connectivity index (χ0) is 15.6. The topological polar surface area (TPSA) is 84.2 Å². The lowest BCUT2D eigenvalue weighted by Gasteiger charge is -2.12. The van der Waals surface area contributed by atoms with E-state index < -0.39 is 21.7 Å². The van der Waals surface area contributed by atoms with Crippen molar-refractivity contribution in [1.29, 1.82) is 0 Å². The van der Waals surface area contributed by atoms with Crippen LogP contribution in [-0.4, -0.2) is 15.5 Å². The van der Waals surface area contributed by atoms with Gasteiger partial charge in [-0.2, -0.15) is 0 Å². The van der Waals surface area contributed by atoms with Gasteiger partial charge in [-0.05, 0) is 37.4 Å². The Balaban J connectivity index is 2.42. The normalized spacial score (nSPS) is 11.4. The fourth-order valence-corrected chi connectivity index (χ4v) is 2.47. The van der Waals surface area contributed by atoms with Crippen LogP contribution in [0.3, 0.4) is 0 Å². The molecule has 2 aromatic rings. The van der Waals surface area contributed by atoms with Gasteiger partial charge >= 0.3 is 0 Å². The molecule has 8 heteroatoms. The van der Waals surface area contributed by atoms with Crippen molar-refractivity contribution in [2.24, 2.45) is 0 Å². The van der Waals surface area contributed by atoms with Crippen molar-refractivity contribution in [2.75, 3.05) is 18.1 Å². The number of anilines is 3. The number of hydrogen-bond acceptors (Lipinski definition) is 4. The van der Waals surface area contributed by atoms with Crippen molar-refractivity contribution in [3.8, 4) is 0 Å². The Morgan fingerprint density at radius 2 is 1.67 bits per heavy atom. The lowest BCUT2D eigenvalue weighted by molar-refractivity contribution is 0.584. The molecular weight excluding hydrogens is 300 g/mol. The van der Waals surface area contributed by atoms with Gasteiger partial charge in [-0.3, -0.25) is 0 Å². The van der Waals surface area contributed by atoms with Crippen LogP contribution in [0.5, 0.6) is 0 Å². The molecule has 112 valence electrons. The summed E-state index contributed by atoms with van der Waals surface area (Å²) in [6, 6.07) is 6.88. The van der Waals surface area contributed by atoms with Gasteiger partial charge in [0.1, 0.15) is 11.6 Å². The molecule has 0 aromatic heterocycles. The number of nitrogen functional groups attached to an aromatic ring is 1. The van der Waals surface area contributed by atoms with Gasteiger partial charge in [-0.1, -0.05) is 0 Å². The zero-order valence-corrected chi connectivity index (χ0v) is 11.8. The highest BCUT2D eigenvalue weighted by molar-refractivity contribution is 7.89. The average Bonchev–Trinajstić information content (AvgIpc) is 2.40. The van der Waals surface area contributed by atoms with Crippen molar-refractivity contribution in [1.82, 2.24) is 4.72 Å². The summed E-state index contributed by atoms with van der Waals surface area (Å²) in [5, 5.41) is 2.69. The van der Waals surface area contributed by atoms with E-state index in [9.17, 15) is 17.2 Å². The number of hydrogen-bond donors (Lipinski definition) is 3. The summed E-state index contributed by atoms with van der Waals surface area (Å²) in [6.45, 7) is 0. The van der Waals surface area contributed by atoms with Crippen LogP contribution in [0, 0.1) is 11.6 Å². The van der Waals surface area contributed by atoms with E-state index in [0.717, 1.165) is 18.2 Å². The summed E-state index contributed by atoms with van der Waals surface area (Å²) < 4.78 is 51.9. The van der Waals surface area contributed by atoms with Crippen molar-refractivity contribution in [2.45, 2.75) is 4.90 Å². The van der Waals surface area contributed by atoms with E-state index >= 15 is 0 Å². The van der Waals surface area contributed by atoms with Crippen molar-refractivity contribution in [3.05, 3.63) is 48.0 Å². The largest absolute Gasteiger partial charge is 0.397 e. The van der Waals surface area contributed by atoms with E-state index in [0.29, 0.717) is 0 Å². The highest BCUT2D eigenvalue weighted by Crippen LogP contribution is 2.27. The summed E-state index contributed by atoms with van der Waals surface area (Å²) in [4.78, 5) is -0.0152. The van der Waals surface area contributed by atoms with Gasteiger partial charge < -0.3 is 11.1 Å². The first-order valence-electron chi connectivity index (χ1n) is 5.88. The van der Waals surface area contributed by atoms with Gasteiger partial charge in [0.2, 0.25) is 10.0 Å². The second-order valence-corrected chi connectivity index (χ2v) is 6.13. The Bertz CT molecular complexity index is 759. The molecule has 21 heavy (non-hydrogen) atoms. The summed E-state index contributed by atoms with van der Waals surface area (Å²) in [5.74, 6) is -1.51. The minimum absolute atomic E-state index is 0.0152. The summed E-state index contributed by atoms with van der Waals surface area (Å²) in [7, 11) is -2.36. The highest BCUT2D eigenvalue weighted by atomic mass is 32.2. The Labute approximate surface area is 120 Å². The van der Waals surface area contributed by atoms with Crippen LogP contribution >= 0.6 is 0 Å². The van der Waals surface area contributed by atoms with Crippen molar-refractivity contribution < 1.29 is 17.2 Å². The molecule has 2 rings (SSSR count). The number of nitrogens with one attached hydrogen (secondary N) is 2. The second-order valence-electron chi connectivity index (χ2n) is 4.24. The van der Waals surface area contributed by atoms with E-state index in [-0.39, 0.29) is 22.0 Å². The number of nitrogens with two attached hydrogens (primary N) is 1. The third-order valence-electron chi connectivity index (χ3n) is 2.75. The van der Waals surface area contributed by atoms with Gasteiger partial charge in [0, 0.05) is 11.8 Å². The third-order valence-corrected chi connectivity index (χ3v) is 4.16. The smallest absolute Gasteiger partial charge is 0.240 e. The first-order chi connectivity index (χ1) is 9.81. The maximum atomic E-state index is 13.1. The summed E-state index contributed by atoms with van der Waals surface area (Å²) >= 11 is 0. The SMILES string of the molecule is CNS(=O)(=O)c1ccc(N)c(Nc2cc(F)cc(F)c2)c1. The first kappa shape index (κ1) is 15.2. The Hall–Kier alpha value is -2.19. The molecule has 0 aliphatic carbocycles. The quantitative estimate of drug-likeness (QED) is 0.756. The molecule has 0 spiro atoms. The highest BCUT2D eigenvalue weighted by Gasteiger charge is 2.13. The van der Waals surface area contributed by atoms with Crippen molar-refractivity contribution >= 4 is 27.1 Å². The van der Waals surface area contributed by atoms with Crippen LogP contribution < -0.4 is 15.8 Å². The number of halogens is 2. The monoisotopic (exact) mass is 313 g/mol. The van der Waals surface area contributed by atoms with Crippen LogP contribution in [0.2, 0.25) is 0 Å². The van der Waals surface area contributed by atoms with E-state index in [2.05, 4.69) is 10.0 Å². The molecule has 0 saturated carbocycles. The molecule has 4 N–H and O–H groups in total. The Kier molecular flexibility index (Phi) is 4.10. The molecule has 0 fully saturated rings. The molecule has 0 saturated heterocycles. The number of rotatable bonds is 4. The molecule has 5 nitrogen and oxygen atoms in total. The molecular formula is C13H13F2N3O2S. The molecule has 0 radical (unpaired) electrons. The van der Waals surface area contributed by atoms with Crippen LogP contribution in [0.1, 0.15) is 0 Å². The number of sulfonamides is 1. The molecule has 0 bridgehead atoms. The van der Waals surface area contributed by atoms with Gasteiger partial charge in [0.05, 0.1) is 16.3 Å².